The van der Waals surface area contributed by atoms with Crippen molar-refractivity contribution < 1.29 is 4.79 Å². The van der Waals surface area contributed by atoms with E-state index in [0.29, 0.717) is 12.1 Å². The Bertz CT molecular complexity index is 666. The molecular weight excluding hydrogens is 248 g/mol. The Hall–Kier alpha value is -2.57. The second-order valence-corrected chi connectivity index (χ2v) is 4.36. The van der Waals surface area contributed by atoms with Crippen LogP contribution in [0.4, 0.5) is 5.69 Å². The molecule has 0 spiro atoms. The minimum atomic E-state index is -0.127. The molecule has 0 radical (unpaired) electrons. The fourth-order valence-electron chi connectivity index (χ4n) is 1.82. The van der Waals surface area contributed by atoms with Gasteiger partial charge in [-0.3, -0.25) is 4.79 Å². The second-order valence-electron chi connectivity index (χ2n) is 4.36. The van der Waals surface area contributed by atoms with Gasteiger partial charge in [0, 0.05) is 16.8 Å². The van der Waals surface area contributed by atoms with Crippen molar-refractivity contribution in [2.75, 3.05) is 11.9 Å². The van der Waals surface area contributed by atoms with Crippen molar-refractivity contribution in [1.29, 1.82) is 0 Å². The van der Waals surface area contributed by atoms with Crippen LogP contribution >= 0.6 is 0 Å². The second kappa shape index (κ2) is 6.55. The zero-order valence-corrected chi connectivity index (χ0v) is 11.3. The third kappa shape index (κ3) is 3.47. The summed E-state index contributed by atoms with van der Waals surface area (Å²) in [6.45, 7) is 2.26. The van der Waals surface area contributed by atoms with Gasteiger partial charge < -0.3 is 11.1 Å². The Morgan fingerprint density at radius 3 is 2.60 bits per heavy atom. The molecule has 0 aromatic heterocycles. The average molecular weight is 264 g/mol. The predicted molar refractivity (Wildman–Crippen MR) is 81.5 cm³/mol. The van der Waals surface area contributed by atoms with E-state index in [2.05, 4.69) is 17.2 Å². The third-order valence-corrected chi connectivity index (χ3v) is 2.85. The number of carbonyl (C=O) groups is 1. The quantitative estimate of drug-likeness (QED) is 0.819. The van der Waals surface area contributed by atoms with Crippen LogP contribution in [0.25, 0.3) is 0 Å². The summed E-state index contributed by atoms with van der Waals surface area (Å²) in [5.41, 5.74) is 8.61. The van der Waals surface area contributed by atoms with Gasteiger partial charge in [-0.1, -0.05) is 30.0 Å². The summed E-state index contributed by atoms with van der Waals surface area (Å²) in [5, 5.41) is 2.85. The van der Waals surface area contributed by atoms with Crippen LogP contribution < -0.4 is 11.1 Å². The third-order valence-electron chi connectivity index (χ3n) is 2.85. The molecule has 2 rings (SSSR count). The normalized spacial score (nSPS) is 9.50. The van der Waals surface area contributed by atoms with E-state index in [9.17, 15) is 4.79 Å². The largest absolute Gasteiger partial charge is 0.322 e. The summed E-state index contributed by atoms with van der Waals surface area (Å²) in [7, 11) is 0. The van der Waals surface area contributed by atoms with E-state index in [1.54, 1.807) is 6.07 Å². The first kappa shape index (κ1) is 13.9. The maximum Gasteiger partial charge on any atom is 0.255 e. The maximum atomic E-state index is 12.1. The molecule has 0 heterocycles. The minimum absolute atomic E-state index is 0.127. The number of carbonyl (C=O) groups excluding carboxylic acids is 1. The number of aryl methyl sites for hydroxylation is 1. The molecule has 0 bridgehead atoms. The Morgan fingerprint density at radius 1 is 1.20 bits per heavy atom. The highest BCUT2D eigenvalue weighted by atomic mass is 16.1. The molecule has 2 aromatic rings. The lowest BCUT2D eigenvalue weighted by molar-refractivity contribution is 0.102. The van der Waals surface area contributed by atoms with E-state index in [1.165, 1.54) is 0 Å². The molecule has 0 aliphatic carbocycles. The predicted octanol–water partition coefficient (Wildman–Crippen LogP) is 2.56. The van der Waals surface area contributed by atoms with Crippen molar-refractivity contribution >= 4 is 11.6 Å². The summed E-state index contributed by atoms with van der Waals surface area (Å²) in [6, 6.07) is 14.8. The molecule has 0 atom stereocenters. The molecule has 3 heteroatoms. The average Bonchev–Trinajstić information content (AvgIpc) is 2.47. The lowest BCUT2D eigenvalue weighted by atomic mass is 10.0. The molecule has 100 valence electrons. The summed E-state index contributed by atoms with van der Waals surface area (Å²) in [4.78, 5) is 12.1. The zero-order chi connectivity index (χ0) is 14.4. The van der Waals surface area contributed by atoms with Gasteiger partial charge in [0.2, 0.25) is 0 Å². The number of nitrogens with two attached hydrogens (primary N) is 1. The van der Waals surface area contributed by atoms with Crippen molar-refractivity contribution in [3.05, 3.63) is 65.2 Å². The Labute approximate surface area is 118 Å². The molecule has 1 amide bonds. The molecule has 20 heavy (non-hydrogen) atoms. The number of hydrogen-bond acceptors (Lipinski definition) is 2. The van der Waals surface area contributed by atoms with Crippen molar-refractivity contribution in [2.45, 2.75) is 6.92 Å². The van der Waals surface area contributed by atoms with Gasteiger partial charge in [0.05, 0.1) is 6.54 Å². The van der Waals surface area contributed by atoms with Crippen LogP contribution in [0.1, 0.15) is 21.5 Å². The molecule has 3 N–H and O–H groups in total. The highest BCUT2D eigenvalue weighted by molar-refractivity contribution is 6.04. The van der Waals surface area contributed by atoms with Gasteiger partial charge in [0.25, 0.3) is 5.91 Å². The van der Waals surface area contributed by atoms with Gasteiger partial charge in [-0.2, -0.15) is 0 Å². The molecular formula is C17H16N2O. The molecule has 0 saturated carbocycles. The molecule has 0 fully saturated rings. The summed E-state index contributed by atoms with van der Waals surface area (Å²) in [5.74, 6) is 5.67. The molecule has 0 aliphatic heterocycles. The monoisotopic (exact) mass is 264 g/mol. The molecule has 0 saturated heterocycles. The fraction of sp³-hybridized carbons (Fsp3) is 0.118. The van der Waals surface area contributed by atoms with Gasteiger partial charge >= 0.3 is 0 Å². The van der Waals surface area contributed by atoms with Gasteiger partial charge in [0.15, 0.2) is 0 Å². The zero-order valence-electron chi connectivity index (χ0n) is 11.3. The fourth-order valence-corrected chi connectivity index (χ4v) is 1.82. The maximum absolute atomic E-state index is 12.1. The number of hydrogen-bond donors (Lipinski definition) is 2. The van der Waals surface area contributed by atoms with E-state index in [-0.39, 0.29) is 5.91 Å². The van der Waals surface area contributed by atoms with Gasteiger partial charge in [-0.05, 0) is 42.8 Å². The first-order valence-corrected chi connectivity index (χ1v) is 6.36. The van der Waals surface area contributed by atoms with E-state index in [1.807, 2.05) is 49.4 Å². The van der Waals surface area contributed by atoms with Crippen LogP contribution in [0.5, 0.6) is 0 Å². The lowest BCUT2D eigenvalue weighted by Crippen LogP contribution is -2.12. The Morgan fingerprint density at radius 2 is 1.95 bits per heavy atom. The van der Waals surface area contributed by atoms with Crippen LogP contribution in [-0.2, 0) is 0 Å². The first-order chi connectivity index (χ1) is 9.70. The number of benzene rings is 2. The van der Waals surface area contributed by atoms with Crippen LogP contribution in [-0.4, -0.2) is 12.5 Å². The number of amides is 1. The van der Waals surface area contributed by atoms with Crippen LogP contribution in [0, 0.1) is 18.8 Å². The van der Waals surface area contributed by atoms with Crippen molar-refractivity contribution in [2.24, 2.45) is 5.73 Å². The lowest BCUT2D eigenvalue weighted by Gasteiger charge is -2.06. The smallest absolute Gasteiger partial charge is 0.255 e. The standard InChI is InChI=1S/C17H16N2O/c1-13-12-15(10-9-14(13)6-5-11-18)17(20)19-16-7-3-2-4-8-16/h2-4,7-10,12H,11,18H2,1H3,(H,19,20). The molecule has 3 nitrogen and oxygen atoms in total. The van der Waals surface area contributed by atoms with Gasteiger partial charge in [-0.15, -0.1) is 0 Å². The van der Waals surface area contributed by atoms with Crippen LogP contribution in [0.2, 0.25) is 0 Å². The van der Waals surface area contributed by atoms with Crippen molar-refractivity contribution in [1.82, 2.24) is 0 Å². The van der Waals surface area contributed by atoms with Gasteiger partial charge in [-0.25, -0.2) is 0 Å². The van der Waals surface area contributed by atoms with Crippen LogP contribution in [0.15, 0.2) is 48.5 Å². The first-order valence-electron chi connectivity index (χ1n) is 6.36. The minimum Gasteiger partial charge on any atom is -0.322 e. The highest BCUT2D eigenvalue weighted by Crippen LogP contribution is 2.13. The van der Waals surface area contributed by atoms with Crippen molar-refractivity contribution in [3.63, 3.8) is 0 Å². The Kier molecular flexibility index (Phi) is 4.54. The SMILES string of the molecule is Cc1cc(C(=O)Nc2ccccc2)ccc1C#CCN. The topological polar surface area (TPSA) is 55.1 Å². The molecule has 2 aromatic carbocycles. The molecule has 0 aliphatic rings. The van der Waals surface area contributed by atoms with E-state index < -0.39 is 0 Å². The van der Waals surface area contributed by atoms with Gasteiger partial charge in [0.1, 0.15) is 0 Å². The summed E-state index contributed by atoms with van der Waals surface area (Å²) in [6.07, 6.45) is 0. The highest BCUT2D eigenvalue weighted by Gasteiger charge is 2.07. The van der Waals surface area contributed by atoms with E-state index in [0.717, 1.165) is 16.8 Å². The van der Waals surface area contributed by atoms with E-state index >= 15 is 0 Å². The van der Waals surface area contributed by atoms with Crippen LogP contribution in [0.3, 0.4) is 0 Å². The number of nitrogens with one attached hydrogen (secondary N) is 1. The number of rotatable bonds is 2. The number of anilines is 1. The van der Waals surface area contributed by atoms with E-state index in [4.69, 9.17) is 5.73 Å². The summed E-state index contributed by atoms with van der Waals surface area (Å²) < 4.78 is 0. The number of para-hydroxylation sites is 1. The summed E-state index contributed by atoms with van der Waals surface area (Å²) >= 11 is 0. The Balaban J connectivity index is 2.17. The van der Waals surface area contributed by atoms with Crippen molar-refractivity contribution in [3.8, 4) is 11.8 Å². The molecule has 0 unspecified atom stereocenters.